The number of aryl methyl sites for hydroxylation is 2. The van der Waals surface area contributed by atoms with Gasteiger partial charge >= 0.3 is 179 Å². The predicted molar refractivity (Wildman–Crippen MR) is 148 cm³/mol. The van der Waals surface area contributed by atoms with E-state index in [1.54, 1.807) is 0 Å². The Labute approximate surface area is 213 Å². The molecule has 3 rings (SSSR count). The van der Waals surface area contributed by atoms with Crippen LogP contribution in [0.1, 0.15) is 96.5 Å². The fraction of sp³-hybridized carbons (Fsp3) is 0.517. The summed E-state index contributed by atoms with van der Waals surface area (Å²) in [5.41, 5.74) is 4.99. The molecule has 0 N–H and O–H groups in total. The molecule has 1 aliphatic carbocycles. The zero-order valence-electron chi connectivity index (χ0n) is 22.0. The van der Waals surface area contributed by atoms with Crippen LogP contribution in [-0.2, 0) is 17.6 Å². The molecule has 184 valence electrons. The Bertz CT molecular complexity index is 980. The van der Waals surface area contributed by atoms with E-state index in [1.807, 2.05) is 25.3 Å². The summed E-state index contributed by atoms with van der Waals surface area (Å²) in [5, 5.41) is 0.789. The Morgan fingerprint density at radius 1 is 1.15 bits per heavy atom. The van der Waals surface area contributed by atoms with Gasteiger partial charge in [-0.25, -0.2) is 0 Å². The van der Waals surface area contributed by atoms with Gasteiger partial charge in [-0.2, -0.15) is 0 Å². The van der Waals surface area contributed by atoms with Crippen LogP contribution in [-0.4, -0.2) is 22.6 Å². The van der Waals surface area contributed by atoms with Crippen LogP contribution < -0.4 is 0 Å². The van der Waals surface area contributed by atoms with Gasteiger partial charge < -0.3 is 0 Å². The number of allylic oxidation sites excluding steroid dienone is 4. The molecule has 0 bridgehead atoms. The van der Waals surface area contributed by atoms with Crippen molar-refractivity contribution in [3.63, 3.8) is 0 Å². The summed E-state index contributed by atoms with van der Waals surface area (Å²) < 4.78 is 8.47. The van der Waals surface area contributed by atoms with E-state index >= 15 is 0 Å². The monoisotopic (exact) mass is 480 g/mol. The Morgan fingerprint density at radius 3 is 2.41 bits per heavy atom. The topological polar surface area (TPSA) is 27.1 Å². The minimum atomic E-state index is 0.232. The molecule has 5 heteroatoms. The summed E-state index contributed by atoms with van der Waals surface area (Å²) in [6.45, 7) is 16.8. The van der Waals surface area contributed by atoms with Crippen molar-refractivity contribution in [3.8, 4) is 5.69 Å². The molecule has 0 radical (unpaired) electrons. The zero-order chi connectivity index (χ0) is 25.1. The van der Waals surface area contributed by atoms with Crippen molar-refractivity contribution in [2.24, 2.45) is 0 Å². The van der Waals surface area contributed by atoms with E-state index in [0.29, 0.717) is 5.92 Å². The number of rotatable bonds is 8. The molecule has 0 saturated heterocycles. The van der Waals surface area contributed by atoms with E-state index < -0.39 is 0 Å². The van der Waals surface area contributed by atoms with Crippen molar-refractivity contribution in [2.45, 2.75) is 98.5 Å². The molecule has 1 aromatic heterocycles. The van der Waals surface area contributed by atoms with Gasteiger partial charge in [0.05, 0.1) is 0 Å². The van der Waals surface area contributed by atoms with Crippen molar-refractivity contribution < 1.29 is 4.74 Å². The van der Waals surface area contributed by atoms with E-state index in [1.165, 1.54) is 34.7 Å². The molecular weight excluding hydrogens is 439 g/mol. The van der Waals surface area contributed by atoms with E-state index in [9.17, 15) is 0 Å². The number of hydrogen-bond acceptors (Lipinski definition) is 2. The Kier molecular flexibility index (Phi) is 11.9. The Morgan fingerprint density at radius 2 is 1.82 bits per heavy atom. The third-order valence-corrected chi connectivity index (χ3v) is 6.19. The SMILES string of the molecule is C=C(/C=C\C=C(C)C)OC1CCC(c2nbc(CC)n2-c2ccc(Cl)cc2CC)CC1.CCC. The Hall–Kier alpha value is -2.07. The second-order valence-corrected chi connectivity index (χ2v) is 9.73. The van der Waals surface area contributed by atoms with Gasteiger partial charge in [-0.15, -0.1) is 0 Å². The average Bonchev–Trinajstić information content (AvgIpc) is 3.23. The molecule has 0 unspecified atom stereocenters. The third-order valence-electron chi connectivity index (χ3n) is 5.96. The molecule has 1 saturated carbocycles. The first-order valence-corrected chi connectivity index (χ1v) is 13.2. The first kappa shape index (κ1) is 28.2. The van der Waals surface area contributed by atoms with Crippen LogP contribution in [0.25, 0.3) is 5.69 Å². The fourth-order valence-electron chi connectivity index (χ4n) is 4.31. The van der Waals surface area contributed by atoms with Gasteiger partial charge in [-0.1, -0.05) is 20.3 Å². The van der Waals surface area contributed by atoms with Gasteiger partial charge in [0.2, 0.25) is 0 Å². The standard InChI is InChI=1S/C26H34BClN2O.C3H8/c1-6-20-17-22(28)13-16-24(20)30-25(7-2)27-29-26(30)21-11-14-23(15-12-21)31-19(5)10-8-9-18(3)4;1-3-2/h8-10,13,16-17,21,23H,5-7,11-12,14-15H2,1-4H3;3H2,1-2H3/b10-8-;. The van der Waals surface area contributed by atoms with Crippen molar-refractivity contribution in [1.82, 2.24) is 9.46 Å². The van der Waals surface area contributed by atoms with Crippen LogP contribution in [0.4, 0.5) is 0 Å². The average molecular weight is 481 g/mol. The second-order valence-electron chi connectivity index (χ2n) is 9.29. The molecule has 0 amide bonds. The first-order valence-electron chi connectivity index (χ1n) is 12.9. The van der Waals surface area contributed by atoms with E-state index in [-0.39, 0.29) is 6.10 Å². The van der Waals surface area contributed by atoms with Crippen LogP contribution in [0.15, 0.2) is 54.3 Å². The van der Waals surface area contributed by atoms with Crippen molar-refractivity contribution in [2.75, 3.05) is 0 Å². The van der Waals surface area contributed by atoms with Crippen molar-refractivity contribution in [3.05, 3.63) is 76.3 Å². The number of halogens is 1. The molecule has 3 nitrogen and oxygen atoms in total. The number of benzene rings is 1. The third kappa shape index (κ3) is 8.01. The molecule has 1 aliphatic rings. The number of hydrogen-bond donors (Lipinski definition) is 0. The normalized spacial score (nSPS) is 17.6. The maximum atomic E-state index is 6.27. The summed E-state index contributed by atoms with van der Waals surface area (Å²) >= 11 is 6.27. The molecule has 2 aromatic rings. The number of aromatic nitrogens is 2. The molecule has 1 fully saturated rings. The smallest absolute Gasteiger partial charge is 0.0590 e. The quantitative estimate of drug-likeness (QED) is 0.280. The minimum absolute atomic E-state index is 0.232. The van der Waals surface area contributed by atoms with Gasteiger partial charge in [-0.05, 0) is 13.8 Å². The molecule has 34 heavy (non-hydrogen) atoms. The first-order chi connectivity index (χ1) is 16.3. The second kappa shape index (κ2) is 14.4. The van der Waals surface area contributed by atoms with Gasteiger partial charge in [0.25, 0.3) is 0 Å². The van der Waals surface area contributed by atoms with Crippen molar-refractivity contribution >= 4 is 18.7 Å². The largest absolute Gasteiger partial charge is 0.0656 e. The summed E-state index contributed by atoms with van der Waals surface area (Å²) in [7, 11) is 2.04. The fourth-order valence-corrected chi connectivity index (χ4v) is 4.51. The van der Waals surface area contributed by atoms with Crippen LogP contribution >= 0.6 is 11.6 Å². The number of ether oxygens (including phenoxy) is 1. The van der Waals surface area contributed by atoms with Gasteiger partial charge in [-0.3, -0.25) is 0 Å². The molecule has 1 heterocycles. The minimum Gasteiger partial charge on any atom is -0.0656 e. The van der Waals surface area contributed by atoms with Crippen LogP contribution in [0.2, 0.25) is 5.02 Å². The van der Waals surface area contributed by atoms with Gasteiger partial charge in [0.15, 0.2) is 0 Å². The van der Waals surface area contributed by atoms with E-state index in [0.717, 1.165) is 49.3 Å². The summed E-state index contributed by atoms with van der Waals surface area (Å²) in [4.78, 5) is 4.88. The van der Waals surface area contributed by atoms with Crippen molar-refractivity contribution in [1.29, 1.82) is 0 Å². The van der Waals surface area contributed by atoms with Crippen LogP contribution in [0.5, 0.6) is 0 Å². The number of nitrogens with zero attached hydrogens (tertiary/aromatic N) is 2. The Balaban J connectivity index is 0.00000129. The van der Waals surface area contributed by atoms with Gasteiger partial charge in [0, 0.05) is 0 Å². The molecule has 0 atom stereocenters. The predicted octanol–water partition coefficient (Wildman–Crippen LogP) is 8.48. The van der Waals surface area contributed by atoms with E-state index in [4.69, 9.17) is 21.2 Å². The van der Waals surface area contributed by atoms with Crippen LogP contribution in [0, 0.1) is 0 Å². The summed E-state index contributed by atoms with van der Waals surface area (Å²) in [5.74, 6) is 2.36. The summed E-state index contributed by atoms with van der Waals surface area (Å²) in [6.07, 6.45) is 13.6. The molecule has 0 aliphatic heterocycles. The maximum Gasteiger partial charge on any atom is -0.0590 e. The summed E-state index contributed by atoms with van der Waals surface area (Å²) in [6, 6.07) is 6.21. The molecular formula is C29H42BClN2O. The zero-order valence-corrected chi connectivity index (χ0v) is 22.8. The maximum absolute atomic E-state index is 6.27. The van der Waals surface area contributed by atoms with Gasteiger partial charge in [0.1, 0.15) is 0 Å². The molecule has 0 spiro atoms. The van der Waals surface area contributed by atoms with Crippen LogP contribution in [0.3, 0.4) is 0 Å². The molecule has 1 aromatic carbocycles. The van der Waals surface area contributed by atoms with E-state index in [2.05, 4.69) is 70.9 Å².